The van der Waals surface area contributed by atoms with Gasteiger partial charge in [0.1, 0.15) is 12.2 Å². The number of thiophene rings is 1. The molecule has 0 bridgehead atoms. The molecule has 1 saturated heterocycles. The smallest absolute Gasteiger partial charge is 0.322 e. The first-order valence-electron chi connectivity index (χ1n) is 7.23. The molecule has 0 aromatic carbocycles. The molecule has 0 aliphatic carbocycles. The minimum absolute atomic E-state index is 0.139. The van der Waals surface area contributed by atoms with Crippen molar-refractivity contribution < 1.29 is 9.53 Å². The molecule has 2 aromatic heterocycles. The van der Waals surface area contributed by atoms with E-state index in [9.17, 15) is 4.79 Å². The molecule has 1 fully saturated rings. The number of nitrogens with one attached hydrogen (secondary N) is 1. The molecular weight excluding hydrogens is 314 g/mol. The van der Waals surface area contributed by atoms with Gasteiger partial charge < -0.3 is 9.64 Å². The molecule has 1 N–H and O–H groups in total. The molecule has 8 heteroatoms. The quantitative estimate of drug-likeness (QED) is 0.934. The Morgan fingerprint density at radius 1 is 1.48 bits per heavy atom. The summed E-state index contributed by atoms with van der Waals surface area (Å²) in [6.45, 7) is 1.14. The molecule has 0 saturated carbocycles. The molecule has 3 rings (SSSR count). The van der Waals surface area contributed by atoms with E-state index in [2.05, 4.69) is 15.3 Å². The molecule has 1 atom stereocenters. The molecule has 0 spiro atoms. The number of hydrogen-bond acceptors (Lipinski definition) is 6. The number of likely N-dealkylation sites (tertiary alicyclic amines) is 1. The fourth-order valence-electron chi connectivity index (χ4n) is 2.40. The summed E-state index contributed by atoms with van der Waals surface area (Å²) in [5.74, 6) is 0.223. The zero-order chi connectivity index (χ0) is 16.1. The van der Waals surface area contributed by atoms with E-state index in [0.29, 0.717) is 13.1 Å². The van der Waals surface area contributed by atoms with Crippen LogP contribution in [0.4, 0.5) is 9.80 Å². The fourth-order valence-corrected chi connectivity index (χ4v) is 3.01. The van der Waals surface area contributed by atoms with Gasteiger partial charge in [0.05, 0.1) is 11.5 Å². The van der Waals surface area contributed by atoms with E-state index in [4.69, 9.17) is 10.00 Å². The number of aromatic nitrogens is 2. The van der Waals surface area contributed by atoms with Crippen molar-refractivity contribution in [3.8, 4) is 11.9 Å². The van der Waals surface area contributed by atoms with E-state index in [1.165, 1.54) is 23.7 Å². The summed E-state index contributed by atoms with van der Waals surface area (Å²) in [5, 5.41) is 14.6. The monoisotopic (exact) mass is 329 g/mol. The Hall–Kier alpha value is -2.66. The number of nitrogens with zero attached hydrogens (tertiary/aromatic N) is 4. The lowest BCUT2D eigenvalue weighted by atomic mass is 10.1. The van der Waals surface area contributed by atoms with E-state index in [1.54, 1.807) is 4.90 Å². The van der Waals surface area contributed by atoms with Crippen LogP contribution in [-0.2, 0) is 0 Å². The van der Waals surface area contributed by atoms with Gasteiger partial charge in [-0.1, -0.05) is 0 Å². The minimum Gasteiger partial charge on any atom is -0.470 e. The summed E-state index contributed by atoms with van der Waals surface area (Å²) < 4.78 is 5.78. The van der Waals surface area contributed by atoms with Crippen molar-refractivity contribution in [1.29, 1.82) is 5.26 Å². The largest absolute Gasteiger partial charge is 0.470 e. The first-order chi connectivity index (χ1) is 11.3. The number of urea groups is 1. The second-order valence-corrected chi connectivity index (χ2v) is 6.01. The number of rotatable bonds is 3. The van der Waals surface area contributed by atoms with Crippen LogP contribution < -0.4 is 10.1 Å². The molecule has 1 unspecified atom stereocenters. The lowest BCUT2D eigenvalue weighted by Crippen LogP contribution is -2.46. The normalized spacial score (nSPS) is 17.3. The highest BCUT2D eigenvalue weighted by Crippen LogP contribution is 2.20. The minimum atomic E-state index is -0.193. The van der Waals surface area contributed by atoms with Crippen LogP contribution >= 0.6 is 11.3 Å². The molecule has 3 heterocycles. The third kappa shape index (κ3) is 3.76. The summed E-state index contributed by atoms with van der Waals surface area (Å²) >= 11 is 1.48. The average molecular weight is 329 g/mol. The Morgan fingerprint density at radius 3 is 3.13 bits per heavy atom. The predicted molar refractivity (Wildman–Crippen MR) is 85.3 cm³/mol. The van der Waals surface area contributed by atoms with E-state index >= 15 is 0 Å². The molecule has 7 nitrogen and oxygen atoms in total. The van der Waals surface area contributed by atoms with Crippen molar-refractivity contribution in [3.63, 3.8) is 0 Å². The molecular formula is C15H15N5O2S. The van der Waals surface area contributed by atoms with Crippen LogP contribution in [0.2, 0.25) is 0 Å². The summed E-state index contributed by atoms with van der Waals surface area (Å²) in [6, 6.07) is 5.57. The highest BCUT2D eigenvalue weighted by atomic mass is 32.1. The maximum atomic E-state index is 12.3. The Labute approximate surface area is 137 Å². The van der Waals surface area contributed by atoms with Crippen molar-refractivity contribution in [1.82, 2.24) is 14.9 Å². The number of carbonyl (C=O) groups excluding carboxylic acids is 1. The van der Waals surface area contributed by atoms with Crippen LogP contribution in [0.15, 0.2) is 29.9 Å². The molecule has 0 radical (unpaired) electrons. The molecule has 2 amide bonds. The first-order valence-corrected chi connectivity index (χ1v) is 8.11. The predicted octanol–water partition coefficient (Wildman–Crippen LogP) is 2.49. The maximum absolute atomic E-state index is 12.3. The van der Waals surface area contributed by atoms with Gasteiger partial charge in [-0.2, -0.15) is 5.26 Å². The molecule has 118 valence electrons. The van der Waals surface area contributed by atoms with Crippen LogP contribution in [0.25, 0.3) is 0 Å². The van der Waals surface area contributed by atoms with Gasteiger partial charge in [0, 0.05) is 18.9 Å². The first kappa shape index (κ1) is 15.2. The van der Waals surface area contributed by atoms with Crippen LogP contribution in [-0.4, -0.2) is 40.1 Å². The summed E-state index contributed by atoms with van der Waals surface area (Å²) in [6.07, 6.45) is 4.39. The van der Waals surface area contributed by atoms with Crippen molar-refractivity contribution in [2.75, 3.05) is 18.4 Å². The van der Waals surface area contributed by atoms with Gasteiger partial charge in [0.2, 0.25) is 5.69 Å². The van der Waals surface area contributed by atoms with Gasteiger partial charge in [-0.3, -0.25) is 5.32 Å². The SMILES string of the molecule is N#Cc1nccnc1OC1CCCN(C(=O)Nc2cccs2)C1. The third-order valence-electron chi connectivity index (χ3n) is 3.47. The van der Waals surface area contributed by atoms with E-state index < -0.39 is 0 Å². The Kier molecular flexibility index (Phi) is 4.68. The Bertz CT molecular complexity index is 713. The van der Waals surface area contributed by atoms with E-state index in [1.807, 2.05) is 23.6 Å². The van der Waals surface area contributed by atoms with Gasteiger partial charge in [-0.05, 0) is 30.4 Å². The molecule has 1 aliphatic heterocycles. The summed E-state index contributed by atoms with van der Waals surface area (Å²) in [4.78, 5) is 22.0. The van der Waals surface area contributed by atoms with Crippen molar-refractivity contribution in [2.45, 2.75) is 18.9 Å². The molecule has 1 aliphatic rings. The number of piperidine rings is 1. The number of hydrogen-bond donors (Lipinski definition) is 1. The summed E-state index contributed by atoms with van der Waals surface area (Å²) in [7, 11) is 0. The number of ether oxygens (including phenoxy) is 1. The van der Waals surface area contributed by atoms with Gasteiger partial charge in [0.25, 0.3) is 5.88 Å². The second kappa shape index (κ2) is 7.07. The van der Waals surface area contributed by atoms with E-state index in [-0.39, 0.29) is 23.7 Å². The van der Waals surface area contributed by atoms with Crippen LogP contribution in [0.3, 0.4) is 0 Å². The average Bonchev–Trinajstić information content (AvgIpc) is 3.08. The van der Waals surface area contributed by atoms with Crippen LogP contribution in [0.5, 0.6) is 5.88 Å². The Balaban J connectivity index is 1.62. The standard InChI is InChI=1S/C15H15N5O2S/c16-9-12-14(18-6-5-17-12)22-11-3-1-7-20(10-11)15(21)19-13-4-2-8-23-13/h2,4-6,8,11H,1,3,7,10H2,(H,19,21). The lowest BCUT2D eigenvalue weighted by Gasteiger charge is -2.32. The topological polar surface area (TPSA) is 91.1 Å². The number of amides is 2. The molecule has 2 aromatic rings. The van der Waals surface area contributed by atoms with Crippen molar-refractivity contribution in [2.24, 2.45) is 0 Å². The fraction of sp³-hybridized carbons (Fsp3) is 0.333. The number of nitriles is 1. The summed E-state index contributed by atoms with van der Waals surface area (Å²) in [5.41, 5.74) is 0.160. The van der Waals surface area contributed by atoms with Crippen molar-refractivity contribution in [3.05, 3.63) is 35.6 Å². The highest BCUT2D eigenvalue weighted by Gasteiger charge is 2.26. The van der Waals surface area contributed by atoms with Gasteiger partial charge >= 0.3 is 6.03 Å². The van der Waals surface area contributed by atoms with Crippen LogP contribution in [0.1, 0.15) is 18.5 Å². The van der Waals surface area contributed by atoms with Crippen molar-refractivity contribution >= 4 is 22.4 Å². The second-order valence-electron chi connectivity index (χ2n) is 5.06. The molecule has 23 heavy (non-hydrogen) atoms. The highest BCUT2D eigenvalue weighted by molar-refractivity contribution is 7.14. The van der Waals surface area contributed by atoms with Gasteiger partial charge in [-0.25, -0.2) is 14.8 Å². The third-order valence-corrected chi connectivity index (χ3v) is 4.25. The zero-order valence-corrected chi connectivity index (χ0v) is 13.1. The Morgan fingerprint density at radius 2 is 2.35 bits per heavy atom. The lowest BCUT2D eigenvalue weighted by molar-refractivity contribution is 0.102. The van der Waals surface area contributed by atoms with Gasteiger partial charge in [0.15, 0.2) is 0 Å². The number of carbonyl (C=O) groups is 1. The zero-order valence-electron chi connectivity index (χ0n) is 12.3. The maximum Gasteiger partial charge on any atom is 0.322 e. The van der Waals surface area contributed by atoms with E-state index in [0.717, 1.165) is 17.8 Å². The number of anilines is 1. The van der Waals surface area contributed by atoms with Crippen LogP contribution in [0, 0.1) is 11.3 Å². The van der Waals surface area contributed by atoms with Gasteiger partial charge in [-0.15, -0.1) is 11.3 Å².